The Bertz CT molecular complexity index is 4220. The van der Waals surface area contributed by atoms with Crippen LogP contribution in [0.4, 0.5) is 17.1 Å². The lowest BCUT2D eigenvalue weighted by atomic mass is 9.58. The fourth-order valence-electron chi connectivity index (χ4n) is 12.0. The minimum absolute atomic E-state index is 0.638. The second kappa shape index (κ2) is 13.6. The molecule has 0 amide bonds. The Morgan fingerprint density at radius 3 is 1.94 bits per heavy atom. The van der Waals surface area contributed by atoms with Crippen molar-refractivity contribution in [2.45, 2.75) is 5.41 Å². The molecule has 3 heterocycles. The zero-order valence-corrected chi connectivity index (χ0v) is 36.2. The Hall–Kier alpha value is -8.86. The Balaban J connectivity index is 1.01. The molecule has 0 saturated heterocycles. The Morgan fingerprint density at radius 1 is 0.373 bits per heavy atom. The molecule has 2 aromatic heterocycles. The molecule has 1 aliphatic heterocycles. The molecule has 1 aliphatic carbocycles. The van der Waals surface area contributed by atoms with Crippen molar-refractivity contribution in [3.63, 3.8) is 0 Å². The van der Waals surface area contributed by atoms with Gasteiger partial charge in [0.25, 0.3) is 0 Å². The van der Waals surface area contributed by atoms with Crippen molar-refractivity contribution in [2.24, 2.45) is 0 Å². The number of anilines is 3. The maximum absolute atomic E-state index is 7.18. The molecule has 312 valence electrons. The fraction of sp³-hybridized carbons (Fsp3) is 0.0159. The number of furan rings is 1. The summed E-state index contributed by atoms with van der Waals surface area (Å²) in [7, 11) is 0. The van der Waals surface area contributed by atoms with Gasteiger partial charge in [-0.25, -0.2) is 0 Å². The van der Waals surface area contributed by atoms with Crippen LogP contribution in [0.2, 0.25) is 0 Å². The van der Waals surface area contributed by atoms with E-state index >= 15 is 0 Å². The smallest absolute Gasteiger partial charge is 0.137 e. The van der Waals surface area contributed by atoms with Crippen molar-refractivity contribution in [1.82, 2.24) is 4.57 Å². The van der Waals surface area contributed by atoms with Crippen molar-refractivity contribution in [1.29, 1.82) is 0 Å². The zero-order valence-electron chi connectivity index (χ0n) is 36.2. The molecule has 11 aromatic carbocycles. The third-order valence-corrected chi connectivity index (χ3v) is 14.6. The molecule has 0 N–H and O–H groups in total. The largest absolute Gasteiger partial charge is 0.457 e. The number of hydrogen-bond donors (Lipinski definition) is 0. The topological polar surface area (TPSA) is 30.5 Å². The van der Waals surface area contributed by atoms with E-state index in [0.717, 1.165) is 78.3 Å². The summed E-state index contributed by atoms with van der Waals surface area (Å²) < 4.78 is 16.2. The van der Waals surface area contributed by atoms with E-state index in [4.69, 9.17) is 9.15 Å². The van der Waals surface area contributed by atoms with E-state index in [0.29, 0.717) is 0 Å². The molecule has 0 fully saturated rings. The monoisotopic (exact) mass is 854 g/mol. The average Bonchev–Trinajstić information content (AvgIpc) is 3.93. The molecule has 1 atom stereocenters. The number of para-hydroxylation sites is 3. The number of aromatic nitrogens is 1. The lowest BCUT2D eigenvalue weighted by Gasteiger charge is -2.45. The quantitative estimate of drug-likeness (QED) is 0.177. The van der Waals surface area contributed by atoms with Gasteiger partial charge in [-0.05, 0) is 99.1 Å². The van der Waals surface area contributed by atoms with Gasteiger partial charge in [-0.2, -0.15) is 0 Å². The highest BCUT2D eigenvalue weighted by molar-refractivity contribution is 6.15. The third-order valence-electron chi connectivity index (χ3n) is 14.6. The summed E-state index contributed by atoms with van der Waals surface area (Å²) in [6, 6.07) is 83.7. The summed E-state index contributed by atoms with van der Waals surface area (Å²) >= 11 is 0. The molecule has 1 unspecified atom stereocenters. The maximum Gasteiger partial charge on any atom is 0.137 e. The van der Waals surface area contributed by atoms with Gasteiger partial charge in [0, 0.05) is 50.1 Å². The molecule has 4 heteroatoms. The van der Waals surface area contributed by atoms with Crippen molar-refractivity contribution >= 4 is 82.4 Å². The Morgan fingerprint density at radius 2 is 1.00 bits per heavy atom. The SMILES string of the molecule is c1ccc2c(c1)Oc1cc(N(c3ccc4c(c3)c3ccccc3n4-c3cccc4ccccc34)c3cccc4oc5ccccc5c34)ccc1C21c2ccccc2-c2cccc3cccc1c23. The van der Waals surface area contributed by atoms with Crippen LogP contribution in [-0.4, -0.2) is 4.57 Å². The normalized spacial score (nSPS) is 14.7. The molecule has 67 heavy (non-hydrogen) atoms. The zero-order chi connectivity index (χ0) is 43.8. The highest BCUT2D eigenvalue weighted by atomic mass is 16.5. The average molecular weight is 855 g/mol. The van der Waals surface area contributed by atoms with Gasteiger partial charge in [-0.3, -0.25) is 0 Å². The van der Waals surface area contributed by atoms with E-state index in [1.807, 2.05) is 6.07 Å². The van der Waals surface area contributed by atoms with Gasteiger partial charge >= 0.3 is 0 Å². The van der Waals surface area contributed by atoms with Gasteiger partial charge in [0.05, 0.1) is 33.2 Å². The molecular formula is C63H38N2O2. The van der Waals surface area contributed by atoms with Crippen LogP contribution in [0, 0.1) is 0 Å². The summed E-state index contributed by atoms with van der Waals surface area (Å²) in [6.07, 6.45) is 0. The van der Waals surface area contributed by atoms with Crippen LogP contribution in [0.3, 0.4) is 0 Å². The molecule has 2 aliphatic rings. The van der Waals surface area contributed by atoms with Crippen LogP contribution < -0.4 is 9.64 Å². The number of nitrogens with zero attached hydrogens (tertiary/aromatic N) is 2. The maximum atomic E-state index is 7.18. The van der Waals surface area contributed by atoms with Crippen LogP contribution in [0.5, 0.6) is 11.5 Å². The van der Waals surface area contributed by atoms with Gasteiger partial charge in [-0.15, -0.1) is 0 Å². The second-order valence-electron chi connectivity index (χ2n) is 17.9. The van der Waals surface area contributed by atoms with Gasteiger partial charge in [-0.1, -0.05) is 164 Å². The molecule has 0 radical (unpaired) electrons. The van der Waals surface area contributed by atoms with E-state index in [2.05, 4.69) is 234 Å². The van der Waals surface area contributed by atoms with Gasteiger partial charge < -0.3 is 18.6 Å². The van der Waals surface area contributed by atoms with Gasteiger partial charge in [0.15, 0.2) is 0 Å². The minimum atomic E-state index is -0.638. The molecule has 13 aromatic rings. The van der Waals surface area contributed by atoms with Crippen LogP contribution in [0.1, 0.15) is 22.3 Å². The van der Waals surface area contributed by atoms with Crippen molar-refractivity contribution in [3.05, 3.63) is 253 Å². The predicted octanol–water partition coefficient (Wildman–Crippen LogP) is 16.9. The Kier molecular flexibility index (Phi) is 7.40. The fourth-order valence-corrected chi connectivity index (χ4v) is 12.0. The highest BCUT2D eigenvalue weighted by Gasteiger charge is 2.49. The first-order valence-electron chi connectivity index (χ1n) is 23.0. The van der Waals surface area contributed by atoms with E-state index in [9.17, 15) is 0 Å². The molecule has 0 saturated carbocycles. The van der Waals surface area contributed by atoms with Crippen LogP contribution in [-0.2, 0) is 5.41 Å². The highest BCUT2D eigenvalue weighted by Crippen LogP contribution is 2.62. The van der Waals surface area contributed by atoms with E-state index in [1.54, 1.807) is 0 Å². The summed E-state index contributed by atoms with van der Waals surface area (Å²) in [4.78, 5) is 2.40. The second-order valence-corrected chi connectivity index (χ2v) is 17.9. The molecule has 1 spiro atoms. The van der Waals surface area contributed by atoms with Crippen LogP contribution >= 0.6 is 0 Å². The summed E-state index contributed by atoms with van der Waals surface area (Å²) in [6.45, 7) is 0. The summed E-state index contributed by atoms with van der Waals surface area (Å²) in [5.41, 5.74) is 14.8. The van der Waals surface area contributed by atoms with Gasteiger partial charge in [0.2, 0.25) is 0 Å². The molecular weight excluding hydrogens is 817 g/mol. The number of rotatable bonds is 4. The minimum Gasteiger partial charge on any atom is -0.457 e. The van der Waals surface area contributed by atoms with Gasteiger partial charge in [0.1, 0.15) is 22.7 Å². The number of benzene rings is 11. The first kappa shape index (κ1) is 36.5. The lowest BCUT2D eigenvalue weighted by Crippen LogP contribution is -2.36. The first-order chi connectivity index (χ1) is 33.2. The number of ether oxygens (including phenoxy) is 1. The van der Waals surface area contributed by atoms with Crippen molar-refractivity contribution < 1.29 is 9.15 Å². The van der Waals surface area contributed by atoms with Crippen LogP contribution in [0.15, 0.2) is 235 Å². The van der Waals surface area contributed by atoms with E-state index in [1.165, 1.54) is 54.6 Å². The molecule has 0 bridgehead atoms. The predicted molar refractivity (Wildman–Crippen MR) is 275 cm³/mol. The molecule has 4 nitrogen and oxygen atoms in total. The first-order valence-corrected chi connectivity index (χ1v) is 23.0. The van der Waals surface area contributed by atoms with Crippen molar-refractivity contribution in [3.8, 4) is 28.3 Å². The summed E-state index contributed by atoms with van der Waals surface area (Å²) in [5, 5.41) is 9.43. The van der Waals surface area contributed by atoms with Crippen LogP contribution in [0.25, 0.3) is 82.1 Å². The van der Waals surface area contributed by atoms with E-state index < -0.39 is 5.41 Å². The van der Waals surface area contributed by atoms with E-state index in [-0.39, 0.29) is 0 Å². The molecule has 15 rings (SSSR count). The third kappa shape index (κ3) is 4.91. The standard InChI is InChI=1S/C63H38N2O2/c1-2-19-43-39(15-1)16-13-28-53(43)65-54-27-8-4-21-45(54)48-37-41(34-36-55(48)65)64(56-29-14-32-59-62(56)47-22-5-9-30-57(47)66-59)42-33-35-51-60(38-42)67-58-31-10-7-25-50(58)63(51)49-24-6-3-20-44(49)46-23-11-17-40-18-12-26-52(63)61(40)46/h1-38H. The Labute approximate surface area is 385 Å². The lowest BCUT2D eigenvalue weighted by molar-refractivity contribution is 0.435. The summed E-state index contributed by atoms with van der Waals surface area (Å²) in [5.74, 6) is 1.68. The van der Waals surface area contributed by atoms with Crippen molar-refractivity contribution in [2.75, 3.05) is 4.90 Å². The number of hydrogen-bond acceptors (Lipinski definition) is 3. The number of fused-ring (bicyclic) bond motifs is 15.